The molecule has 2 N–H and O–H groups in total. The summed E-state index contributed by atoms with van der Waals surface area (Å²) >= 11 is 0. The quantitative estimate of drug-likeness (QED) is 0.768. The lowest BCUT2D eigenvalue weighted by Gasteiger charge is -2.19. The molecule has 2 unspecified atom stereocenters. The molecular weight excluding hydrogens is 358 g/mol. The van der Waals surface area contributed by atoms with E-state index in [2.05, 4.69) is 5.32 Å². The van der Waals surface area contributed by atoms with E-state index in [9.17, 15) is 22.8 Å². The van der Waals surface area contributed by atoms with Crippen molar-refractivity contribution >= 4 is 33.6 Å². The summed E-state index contributed by atoms with van der Waals surface area (Å²) in [6, 6.07) is 4.57. The summed E-state index contributed by atoms with van der Waals surface area (Å²) in [4.78, 5) is 37.6. The van der Waals surface area contributed by atoms with E-state index in [1.807, 2.05) is 4.72 Å². The zero-order chi connectivity index (χ0) is 18.9. The summed E-state index contributed by atoms with van der Waals surface area (Å²) in [5, 5.41) is 2.34. The summed E-state index contributed by atoms with van der Waals surface area (Å²) in [5.41, 5.74) is 0.353. The molecule has 9 heteroatoms. The highest BCUT2D eigenvalue weighted by Gasteiger charge is 2.48. The lowest BCUT2D eigenvalue weighted by molar-refractivity contribution is -0.122. The van der Waals surface area contributed by atoms with Crippen LogP contribution in [0.3, 0.4) is 0 Å². The van der Waals surface area contributed by atoms with Crippen LogP contribution in [0.5, 0.6) is 0 Å². The highest BCUT2D eigenvalue weighted by Crippen LogP contribution is 2.40. The van der Waals surface area contributed by atoms with Gasteiger partial charge in [0.15, 0.2) is 0 Å². The largest absolute Gasteiger partial charge is 0.338 e. The van der Waals surface area contributed by atoms with Gasteiger partial charge in [0, 0.05) is 6.54 Å². The Morgan fingerprint density at radius 3 is 2.12 bits per heavy atom. The molecule has 1 aliphatic carbocycles. The standard InChI is InChI=1S/C17H21N3O5S/c1-2-18-17(23)19-26(24,25)12-9-7-11(8-10-12)20-15(21)13-5-3-4-6-14(13)16(20)22/h7-10,13-14H,2-6H2,1H3,(H2,18,19,23). The first-order valence-electron chi connectivity index (χ1n) is 8.63. The third-order valence-electron chi connectivity index (χ3n) is 4.81. The number of amides is 4. The molecule has 1 heterocycles. The normalized spacial score (nSPS) is 22.9. The van der Waals surface area contributed by atoms with Gasteiger partial charge in [0.1, 0.15) is 0 Å². The second-order valence-electron chi connectivity index (χ2n) is 6.47. The van der Waals surface area contributed by atoms with Crippen LogP contribution >= 0.6 is 0 Å². The Kier molecular flexibility index (Phi) is 4.99. The van der Waals surface area contributed by atoms with Gasteiger partial charge in [0.25, 0.3) is 10.0 Å². The Labute approximate surface area is 152 Å². The Morgan fingerprint density at radius 2 is 1.62 bits per heavy atom. The van der Waals surface area contributed by atoms with Gasteiger partial charge < -0.3 is 5.32 Å². The van der Waals surface area contributed by atoms with Gasteiger partial charge in [-0.25, -0.2) is 17.9 Å². The number of rotatable bonds is 4. The lowest BCUT2D eigenvalue weighted by atomic mass is 9.81. The molecule has 4 amide bonds. The third kappa shape index (κ3) is 3.31. The van der Waals surface area contributed by atoms with E-state index in [1.54, 1.807) is 6.92 Å². The highest BCUT2D eigenvalue weighted by atomic mass is 32.2. The summed E-state index contributed by atoms with van der Waals surface area (Å²) in [5.74, 6) is -0.954. The molecule has 1 aromatic carbocycles. The van der Waals surface area contributed by atoms with Gasteiger partial charge in [0.05, 0.1) is 22.4 Å². The molecule has 0 spiro atoms. The number of anilines is 1. The van der Waals surface area contributed by atoms with E-state index in [4.69, 9.17) is 0 Å². The molecule has 1 aromatic rings. The average Bonchev–Trinajstić information content (AvgIpc) is 2.86. The van der Waals surface area contributed by atoms with Crippen LogP contribution in [0.15, 0.2) is 29.2 Å². The van der Waals surface area contributed by atoms with Crippen LogP contribution in [0, 0.1) is 11.8 Å². The molecule has 1 saturated carbocycles. The maximum absolute atomic E-state index is 12.6. The Morgan fingerprint density at radius 1 is 1.08 bits per heavy atom. The lowest BCUT2D eigenvalue weighted by Crippen LogP contribution is -2.39. The predicted octanol–water partition coefficient (Wildman–Crippen LogP) is 1.37. The van der Waals surface area contributed by atoms with Crippen molar-refractivity contribution in [2.75, 3.05) is 11.4 Å². The minimum atomic E-state index is -4.02. The van der Waals surface area contributed by atoms with Crippen molar-refractivity contribution in [3.05, 3.63) is 24.3 Å². The number of urea groups is 1. The Balaban J connectivity index is 1.80. The van der Waals surface area contributed by atoms with E-state index < -0.39 is 16.1 Å². The molecule has 0 aromatic heterocycles. The van der Waals surface area contributed by atoms with Crippen LogP contribution in [0.4, 0.5) is 10.5 Å². The van der Waals surface area contributed by atoms with Gasteiger partial charge in [-0.2, -0.15) is 0 Å². The van der Waals surface area contributed by atoms with Crippen molar-refractivity contribution in [2.24, 2.45) is 11.8 Å². The Bertz CT molecular complexity index is 810. The van der Waals surface area contributed by atoms with Gasteiger partial charge in [-0.3, -0.25) is 14.5 Å². The topological polar surface area (TPSA) is 113 Å². The number of hydrogen-bond donors (Lipinski definition) is 2. The predicted molar refractivity (Wildman–Crippen MR) is 93.8 cm³/mol. The number of carbonyl (C=O) groups excluding carboxylic acids is 3. The van der Waals surface area contributed by atoms with Crippen LogP contribution < -0.4 is 14.9 Å². The number of nitrogens with zero attached hydrogens (tertiary/aromatic N) is 1. The molecule has 140 valence electrons. The second-order valence-corrected chi connectivity index (χ2v) is 8.15. The van der Waals surface area contributed by atoms with E-state index in [0.29, 0.717) is 25.1 Å². The van der Waals surface area contributed by atoms with E-state index in [-0.39, 0.29) is 28.5 Å². The second kappa shape index (κ2) is 7.06. The number of hydrogen-bond acceptors (Lipinski definition) is 5. The van der Waals surface area contributed by atoms with Crippen LogP contribution in [-0.2, 0) is 19.6 Å². The van der Waals surface area contributed by atoms with E-state index in [1.165, 1.54) is 24.3 Å². The van der Waals surface area contributed by atoms with Crippen LogP contribution in [0.2, 0.25) is 0 Å². The SMILES string of the molecule is CCNC(=O)NS(=O)(=O)c1ccc(N2C(=O)C3CCCCC3C2=O)cc1. The van der Waals surface area contributed by atoms with Crippen LogP contribution in [0.1, 0.15) is 32.6 Å². The number of sulfonamides is 1. The van der Waals surface area contributed by atoms with Crippen molar-refractivity contribution < 1.29 is 22.8 Å². The smallest absolute Gasteiger partial charge is 0.328 e. The maximum Gasteiger partial charge on any atom is 0.328 e. The van der Waals surface area contributed by atoms with Crippen molar-refractivity contribution in [3.63, 3.8) is 0 Å². The summed E-state index contributed by atoms with van der Waals surface area (Å²) in [6.45, 7) is 1.96. The molecular formula is C17H21N3O5S. The number of nitrogens with one attached hydrogen (secondary N) is 2. The fourth-order valence-corrected chi connectivity index (χ4v) is 4.50. The van der Waals surface area contributed by atoms with Crippen LogP contribution in [0.25, 0.3) is 0 Å². The zero-order valence-electron chi connectivity index (χ0n) is 14.4. The molecule has 8 nitrogen and oxygen atoms in total. The monoisotopic (exact) mass is 379 g/mol. The van der Waals surface area contributed by atoms with Crippen molar-refractivity contribution in [1.29, 1.82) is 0 Å². The van der Waals surface area contributed by atoms with Gasteiger partial charge >= 0.3 is 6.03 Å². The fourth-order valence-electron chi connectivity index (χ4n) is 3.57. The number of benzene rings is 1. The van der Waals surface area contributed by atoms with Crippen LogP contribution in [-0.4, -0.2) is 32.8 Å². The molecule has 2 fully saturated rings. The maximum atomic E-state index is 12.6. The number of imide groups is 1. The average molecular weight is 379 g/mol. The first-order chi connectivity index (χ1) is 12.3. The Hall–Kier alpha value is -2.42. The number of fused-ring (bicyclic) bond motifs is 1. The first kappa shape index (κ1) is 18.4. The van der Waals surface area contributed by atoms with Crippen molar-refractivity contribution in [2.45, 2.75) is 37.5 Å². The molecule has 0 bridgehead atoms. The van der Waals surface area contributed by atoms with Gasteiger partial charge in [-0.05, 0) is 44.0 Å². The third-order valence-corrected chi connectivity index (χ3v) is 6.16. The molecule has 0 radical (unpaired) electrons. The highest BCUT2D eigenvalue weighted by molar-refractivity contribution is 7.90. The first-order valence-corrected chi connectivity index (χ1v) is 10.1. The molecule has 2 atom stereocenters. The van der Waals surface area contributed by atoms with E-state index in [0.717, 1.165) is 17.7 Å². The van der Waals surface area contributed by atoms with Gasteiger partial charge in [-0.15, -0.1) is 0 Å². The minimum absolute atomic E-state index is 0.121. The molecule has 3 rings (SSSR count). The van der Waals surface area contributed by atoms with Crippen molar-refractivity contribution in [1.82, 2.24) is 10.0 Å². The fraction of sp³-hybridized carbons (Fsp3) is 0.471. The van der Waals surface area contributed by atoms with E-state index >= 15 is 0 Å². The van der Waals surface area contributed by atoms with Gasteiger partial charge in [0.2, 0.25) is 11.8 Å². The van der Waals surface area contributed by atoms with Crippen molar-refractivity contribution in [3.8, 4) is 0 Å². The minimum Gasteiger partial charge on any atom is -0.338 e. The molecule has 1 aliphatic heterocycles. The molecule has 1 saturated heterocycles. The van der Waals surface area contributed by atoms with Gasteiger partial charge in [-0.1, -0.05) is 12.8 Å². The summed E-state index contributed by atoms with van der Waals surface area (Å²) < 4.78 is 26.2. The molecule has 2 aliphatic rings. The zero-order valence-corrected chi connectivity index (χ0v) is 15.2. The summed E-state index contributed by atoms with van der Waals surface area (Å²) in [6.07, 6.45) is 3.32. The number of carbonyl (C=O) groups is 3. The summed E-state index contributed by atoms with van der Waals surface area (Å²) in [7, 11) is -4.02. The molecule has 26 heavy (non-hydrogen) atoms.